The minimum atomic E-state index is 0.0931. The molecule has 3 nitrogen and oxygen atoms in total. The average Bonchev–Trinajstić information content (AvgIpc) is 2.04. The van der Waals surface area contributed by atoms with Gasteiger partial charge in [-0.05, 0) is 6.07 Å². The molecule has 0 unspecified atom stereocenters. The van der Waals surface area contributed by atoms with Crippen molar-refractivity contribution in [3.63, 3.8) is 0 Å². The van der Waals surface area contributed by atoms with Gasteiger partial charge in [-0.25, -0.2) is 0 Å². The molecule has 1 radical (unpaired) electrons. The number of phenols is 1. The second kappa shape index (κ2) is 3.25. The number of methoxy groups -OCH3 is 1. The third-order valence-corrected chi connectivity index (χ3v) is 1.48. The lowest BCUT2D eigenvalue weighted by molar-refractivity contribution is 0.406. The molecule has 3 heteroatoms. The molecule has 0 aliphatic heterocycles. The van der Waals surface area contributed by atoms with E-state index in [0.29, 0.717) is 11.3 Å². The molecule has 0 heterocycles. The monoisotopic (exact) mass is 152 g/mol. The molecule has 0 saturated heterocycles. The van der Waals surface area contributed by atoms with Crippen LogP contribution in [0, 0.1) is 0 Å². The van der Waals surface area contributed by atoms with E-state index >= 15 is 0 Å². The van der Waals surface area contributed by atoms with Crippen LogP contribution in [-0.2, 0) is 6.54 Å². The van der Waals surface area contributed by atoms with Gasteiger partial charge in [0.2, 0.25) is 0 Å². The molecule has 0 fully saturated rings. The highest BCUT2D eigenvalue weighted by atomic mass is 16.5. The molecule has 0 aromatic heterocycles. The van der Waals surface area contributed by atoms with Crippen molar-refractivity contribution in [2.45, 2.75) is 6.54 Å². The van der Waals surface area contributed by atoms with Crippen LogP contribution < -0.4 is 10.5 Å². The molecular formula is C8H10NO2. The van der Waals surface area contributed by atoms with Crippen LogP contribution in [0.5, 0.6) is 11.5 Å². The second-order valence-electron chi connectivity index (χ2n) is 2.17. The number of phenolic OH excluding ortho intramolecular Hbond substituents is 1. The third kappa shape index (κ3) is 1.62. The van der Waals surface area contributed by atoms with E-state index in [4.69, 9.17) is 10.5 Å². The van der Waals surface area contributed by atoms with Crippen molar-refractivity contribution in [2.75, 3.05) is 7.11 Å². The molecule has 0 spiro atoms. The Bertz CT molecular complexity index is 248. The predicted octanol–water partition coefficient (Wildman–Crippen LogP) is 1.18. The maximum Gasteiger partial charge on any atom is 0.123 e. The molecule has 0 amide bonds. The van der Waals surface area contributed by atoms with E-state index in [1.165, 1.54) is 13.2 Å². The predicted molar refractivity (Wildman–Crippen MR) is 41.5 cm³/mol. The van der Waals surface area contributed by atoms with E-state index in [-0.39, 0.29) is 12.3 Å². The number of benzene rings is 1. The van der Waals surface area contributed by atoms with Crippen molar-refractivity contribution < 1.29 is 9.84 Å². The molecule has 0 atom stereocenters. The zero-order valence-electron chi connectivity index (χ0n) is 6.29. The van der Waals surface area contributed by atoms with Crippen LogP contribution in [0.15, 0.2) is 18.2 Å². The molecule has 59 valence electrons. The Morgan fingerprint density at radius 3 is 2.73 bits per heavy atom. The fourth-order valence-corrected chi connectivity index (χ4v) is 0.820. The van der Waals surface area contributed by atoms with E-state index in [1.807, 2.05) is 0 Å². The first kappa shape index (κ1) is 7.88. The lowest BCUT2D eigenvalue weighted by Crippen LogP contribution is -1.87. The summed E-state index contributed by atoms with van der Waals surface area (Å²) in [6.45, 7) is 0.0931. The summed E-state index contributed by atoms with van der Waals surface area (Å²) in [7, 11) is 1.54. The SMILES string of the molecule is COc1ccc(C[NH])c(O)c1. The van der Waals surface area contributed by atoms with E-state index < -0.39 is 0 Å². The Hall–Kier alpha value is -1.22. The molecule has 0 aliphatic carbocycles. The van der Waals surface area contributed by atoms with E-state index in [2.05, 4.69) is 0 Å². The van der Waals surface area contributed by atoms with E-state index in [1.54, 1.807) is 12.1 Å². The van der Waals surface area contributed by atoms with Gasteiger partial charge in [-0.2, -0.15) is 0 Å². The molecule has 0 saturated carbocycles. The average molecular weight is 152 g/mol. The molecule has 0 aliphatic rings. The fraction of sp³-hybridized carbons (Fsp3) is 0.250. The van der Waals surface area contributed by atoms with Gasteiger partial charge in [0.1, 0.15) is 11.5 Å². The summed E-state index contributed by atoms with van der Waals surface area (Å²) in [5.74, 6) is 0.735. The first-order chi connectivity index (χ1) is 5.27. The van der Waals surface area contributed by atoms with Crippen LogP contribution in [-0.4, -0.2) is 12.2 Å². The van der Waals surface area contributed by atoms with Gasteiger partial charge in [-0.15, -0.1) is 0 Å². The topological polar surface area (TPSA) is 53.3 Å². The highest BCUT2D eigenvalue weighted by Crippen LogP contribution is 2.22. The number of ether oxygens (including phenoxy) is 1. The van der Waals surface area contributed by atoms with Gasteiger partial charge in [0.15, 0.2) is 0 Å². The summed E-state index contributed by atoms with van der Waals surface area (Å²) < 4.78 is 4.87. The molecule has 1 aromatic carbocycles. The van der Waals surface area contributed by atoms with Crippen LogP contribution in [0.3, 0.4) is 0 Å². The smallest absolute Gasteiger partial charge is 0.123 e. The Kier molecular flexibility index (Phi) is 2.33. The maximum absolute atomic E-state index is 9.22. The van der Waals surface area contributed by atoms with Gasteiger partial charge >= 0.3 is 0 Å². The summed E-state index contributed by atoms with van der Waals surface area (Å²) in [6, 6.07) is 4.91. The zero-order valence-corrected chi connectivity index (χ0v) is 6.29. The van der Waals surface area contributed by atoms with E-state index in [0.717, 1.165) is 0 Å². The highest BCUT2D eigenvalue weighted by Gasteiger charge is 1.99. The van der Waals surface area contributed by atoms with Crippen LogP contribution in [0.4, 0.5) is 0 Å². The molecule has 11 heavy (non-hydrogen) atoms. The molecule has 2 N–H and O–H groups in total. The Labute approximate surface area is 65.4 Å². The minimum absolute atomic E-state index is 0.0931. The molecule has 1 rings (SSSR count). The summed E-state index contributed by atoms with van der Waals surface area (Å²) >= 11 is 0. The quantitative estimate of drug-likeness (QED) is 0.691. The van der Waals surface area contributed by atoms with Crippen molar-refractivity contribution in [2.24, 2.45) is 0 Å². The van der Waals surface area contributed by atoms with Crippen LogP contribution in [0.2, 0.25) is 0 Å². The van der Waals surface area contributed by atoms with Crippen molar-refractivity contribution in [3.8, 4) is 11.5 Å². The molecule has 1 aromatic rings. The summed E-state index contributed by atoms with van der Waals surface area (Å²) in [6.07, 6.45) is 0. The normalized spacial score (nSPS) is 9.64. The second-order valence-corrected chi connectivity index (χ2v) is 2.17. The van der Waals surface area contributed by atoms with Gasteiger partial charge < -0.3 is 9.84 Å². The number of hydrogen-bond donors (Lipinski definition) is 1. The number of hydrogen-bond acceptors (Lipinski definition) is 2. The summed E-state index contributed by atoms with van der Waals surface area (Å²) in [4.78, 5) is 0. The lowest BCUT2D eigenvalue weighted by atomic mass is 10.2. The first-order valence-electron chi connectivity index (χ1n) is 3.28. The number of aromatic hydroxyl groups is 1. The highest BCUT2D eigenvalue weighted by molar-refractivity contribution is 5.39. The third-order valence-electron chi connectivity index (χ3n) is 1.48. The summed E-state index contributed by atoms with van der Waals surface area (Å²) in [5.41, 5.74) is 7.63. The lowest BCUT2D eigenvalue weighted by Gasteiger charge is -2.03. The standard InChI is InChI=1S/C8H10NO2/c1-11-7-3-2-6(5-9)8(10)4-7/h2-4,9-10H,5H2,1H3. The number of nitrogens with one attached hydrogen (secondary N) is 1. The van der Waals surface area contributed by atoms with Crippen LogP contribution >= 0.6 is 0 Å². The van der Waals surface area contributed by atoms with E-state index in [9.17, 15) is 5.11 Å². The fourth-order valence-electron chi connectivity index (χ4n) is 0.820. The minimum Gasteiger partial charge on any atom is -0.507 e. The van der Waals surface area contributed by atoms with Crippen molar-refractivity contribution >= 4 is 0 Å². The van der Waals surface area contributed by atoms with Gasteiger partial charge in [0, 0.05) is 18.2 Å². The molecular weight excluding hydrogens is 142 g/mol. The van der Waals surface area contributed by atoms with Crippen LogP contribution in [0.1, 0.15) is 5.56 Å². The largest absolute Gasteiger partial charge is 0.507 e. The maximum atomic E-state index is 9.22. The zero-order chi connectivity index (χ0) is 8.27. The molecule has 0 bridgehead atoms. The van der Waals surface area contributed by atoms with Crippen molar-refractivity contribution in [3.05, 3.63) is 23.8 Å². The Balaban J connectivity index is 2.99. The van der Waals surface area contributed by atoms with Crippen molar-refractivity contribution in [1.29, 1.82) is 0 Å². The summed E-state index contributed by atoms with van der Waals surface area (Å²) in [5, 5.41) is 9.22. The van der Waals surface area contributed by atoms with Gasteiger partial charge in [-0.3, -0.25) is 5.73 Å². The van der Waals surface area contributed by atoms with Gasteiger partial charge in [0.05, 0.1) is 7.11 Å². The Morgan fingerprint density at radius 1 is 1.55 bits per heavy atom. The number of rotatable bonds is 2. The Morgan fingerprint density at radius 2 is 2.27 bits per heavy atom. The first-order valence-corrected chi connectivity index (χ1v) is 3.28. The van der Waals surface area contributed by atoms with Crippen molar-refractivity contribution in [1.82, 2.24) is 5.73 Å². The van der Waals surface area contributed by atoms with Gasteiger partial charge in [-0.1, -0.05) is 6.07 Å². The van der Waals surface area contributed by atoms with Gasteiger partial charge in [0.25, 0.3) is 0 Å². The van der Waals surface area contributed by atoms with Crippen LogP contribution in [0.25, 0.3) is 0 Å².